The number of Topliss-reactive ketones (excluding diaryl/α,β-unsaturated/α-hetero) is 1. The number of ether oxygens (including phenoxy) is 2. The van der Waals surface area contributed by atoms with Crippen LogP contribution in [0, 0.1) is 0 Å². The topological polar surface area (TPSA) is 125 Å². The maximum absolute atomic E-state index is 13.7. The van der Waals surface area contributed by atoms with E-state index >= 15 is 0 Å². The summed E-state index contributed by atoms with van der Waals surface area (Å²) in [5.74, 6) is 0.685. The van der Waals surface area contributed by atoms with E-state index in [2.05, 4.69) is 9.97 Å². The summed E-state index contributed by atoms with van der Waals surface area (Å²) in [7, 11) is 0. The number of phenolic OH excluding ortho intramolecular Hbond substituents is 1. The zero-order valence-electron chi connectivity index (χ0n) is 23.3. The Morgan fingerprint density at radius 1 is 1.02 bits per heavy atom. The maximum Gasteiger partial charge on any atom is 0.274 e. The number of halogens is 1. The van der Waals surface area contributed by atoms with E-state index in [0.717, 1.165) is 27.3 Å². The van der Waals surface area contributed by atoms with Crippen molar-refractivity contribution >= 4 is 50.8 Å². The van der Waals surface area contributed by atoms with Crippen molar-refractivity contribution in [3.63, 3.8) is 0 Å². The molecule has 0 fully saturated rings. The molecule has 0 aliphatic carbocycles. The fourth-order valence-electron chi connectivity index (χ4n) is 5.57. The highest BCUT2D eigenvalue weighted by molar-refractivity contribution is 6.19. The Labute approximate surface area is 252 Å². The van der Waals surface area contributed by atoms with E-state index in [-0.39, 0.29) is 43.0 Å². The van der Waals surface area contributed by atoms with Crippen molar-refractivity contribution in [1.29, 1.82) is 0 Å². The average Bonchev–Trinajstić information content (AvgIpc) is 3.62. The molecule has 0 radical (unpaired) electrons. The van der Waals surface area contributed by atoms with Crippen LogP contribution in [0.4, 0.5) is 5.69 Å². The molecule has 1 amide bonds. The predicted molar refractivity (Wildman–Crippen MR) is 165 cm³/mol. The molecular weight excluding hydrogens is 570 g/mol. The second-order valence-corrected chi connectivity index (χ2v) is 10.7. The van der Waals surface area contributed by atoms with Crippen LogP contribution in [-0.2, 0) is 11.2 Å². The molecule has 3 heterocycles. The van der Waals surface area contributed by atoms with Gasteiger partial charge in [0.2, 0.25) is 0 Å². The zero-order chi connectivity index (χ0) is 29.9. The summed E-state index contributed by atoms with van der Waals surface area (Å²) in [6.07, 6.45) is 1.78. The number of nitrogens with zero attached hydrogens (tertiary/aromatic N) is 2. The molecule has 0 unspecified atom stereocenters. The number of aliphatic hydroxyl groups excluding tert-OH is 1. The van der Waals surface area contributed by atoms with Crippen molar-refractivity contribution in [3.05, 3.63) is 95.3 Å². The number of pyridine rings is 1. The van der Waals surface area contributed by atoms with Crippen molar-refractivity contribution in [1.82, 2.24) is 9.97 Å². The van der Waals surface area contributed by atoms with Crippen LogP contribution in [0.2, 0.25) is 0 Å². The van der Waals surface area contributed by atoms with Gasteiger partial charge in [-0.2, -0.15) is 0 Å². The molecule has 0 bridgehead atoms. The summed E-state index contributed by atoms with van der Waals surface area (Å²) in [5.41, 5.74) is 3.78. The number of hydrogen-bond acceptors (Lipinski definition) is 7. The van der Waals surface area contributed by atoms with E-state index in [4.69, 9.17) is 26.2 Å². The summed E-state index contributed by atoms with van der Waals surface area (Å²) in [4.78, 5) is 35.9. The largest absolute Gasteiger partial charge is 0.507 e. The SMILES string of the molecule is O=C(Cc1cnc2[nH]c(C(=O)N3C[C@@H](CCl)c4c3cc(O)c3ccccc43)cc2c1)c1ccc(OCCOCCO)cc1. The van der Waals surface area contributed by atoms with E-state index in [1.165, 1.54) is 0 Å². The molecular formula is C33H30ClN3O6. The van der Waals surface area contributed by atoms with E-state index < -0.39 is 0 Å². The molecule has 0 saturated heterocycles. The molecule has 1 aliphatic rings. The third-order valence-corrected chi connectivity index (χ3v) is 7.98. The lowest BCUT2D eigenvalue weighted by Crippen LogP contribution is -2.30. The van der Waals surface area contributed by atoms with Gasteiger partial charge >= 0.3 is 0 Å². The minimum absolute atomic E-state index is 0.0321. The smallest absolute Gasteiger partial charge is 0.274 e. The van der Waals surface area contributed by atoms with E-state index in [1.807, 2.05) is 30.3 Å². The zero-order valence-corrected chi connectivity index (χ0v) is 24.0. The highest BCUT2D eigenvalue weighted by Gasteiger charge is 2.35. The molecule has 5 aromatic rings. The number of carbonyl (C=O) groups excluding carboxylic acids is 2. The van der Waals surface area contributed by atoms with Crippen LogP contribution in [0.25, 0.3) is 21.8 Å². The monoisotopic (exact) mass is 599 g/mol. The van der Waals surface area contributed by atoms with Gasteiger partial charge in [0.05, 0.1) is 25.5 Å². The van der Waals surface area contributed by atoms with Crippen LogP contribution in [-0.4, -0.2) is 70.7 Å². The van der Waals surface area contributed by atoms with Gasteiger partial charge in [0.15, 0.2) is 5.78 Å². The maximum atomic E-state index is 13.7. The van der Waals surface area contributed by atoms with Gasteiger partial charge in [-0.15, -0.1) is 11.6 Å². The Balaban J connectivity index is 1.17. The minimum atomic E-state index is -0.249. The fourth-order valence-corrected chi connectivity index (χ4v) is 5.82. The van der Waals surface area contributed by atoms with Crippen molar-refractivity contribution < 1.29 is 29.3 Å². The number of fused-ring (bicyclic) bond motifs is 4. The number of alkyl halides is 1. The first-order valence-electron chi connectivity index (χ1n) is 14.0. The molecule has 220 valence electrons. The Morgan fingerprint density at radius 3 is 2.58 bits per heavy atom. The van der Waals surface area contributed by atoms with Crippen molar-refractivity contribution in [2.45, 2.75) is 12.3 Å². The first-order chi connectivity index (χ1) is 21.0. The number of nitrogens with one attached hydrogen (secondary N) is 1. The van der Waals surface area contributed by atoms with Gasteiger partial charge in [-0.3, -0.25) is 9.59 Å². The van der Waals surface area contributed by atoms with Crippen LogP contribution in [0.3, 0.4) is 0 Å². The lowest BCUT2D eigenvalue weighted by Gasteiger charge is -2.17. The number of rotatable bonds is 11. The number of aromatic amines is 1. The molecule has 0 spiro atoms. The number of carbonyl (C=O) groups is 2. The molecule has 1 aliphatic heterocycles. The molecule has 0 saturated carbocycles. The second kappa shape index (κ2) is 12.4. The van der Waals surface area contributed by atoms with Gasteiger partial charge in [0.25, 0.3) is 5.91 Å². The summed E-state index contributed by atoms with van der Waals surface area (Å²) in [6.45, 7) is 1.34. The van der Waals surface area contributed by atoms with Gasteiger partial charge in [-0.25, -0.2) is 4.98 Å². The van der Waals surface area contributed by atoms with E-state index in [1.54, 1.807) is 47.5 Å². The number of aliphatic hydroxyl groups is 1. The Morgan fingerprint density at radius 2 is 1.81 bits per heavy atom. The third kappa shape index (κ3) is 5.79. The lowest BCUT2D eigenvalue weighted by molar-refractivity contribution is 0.0705. The van der Waals surface area contributed by atoms with E-state index in [9.17, 15) is 14.7 Å². The number of aromatic hydroxyl groups is 1. The number of amides is 1. The van der Waals surface area contributed by atoms with Crippen LogP contribution in [0.1, 0.15) is 37.9 Å². The molecule has 2 aromatic heterocycles. The fraction of sp³-hybridized carbons (Fsp3) is 0.242. The van der Waals surface area contributed by atoms with Crippen LogP contribution in [0.15, 0.2) is 72.9 Å². The van der Waals surface area contributed by atoms with Crippen LogP contribution >= 0.6 is 11.6 Å². The molecule has 6 rings (SSSR count). The number of aromatic nitrogens is 2. The number of H-pyrrole nitrogens is 1. The average molecular weight is 600 g/mol. The standard InChI is InChI=1S/C33H30ClN3O6/c34-17-23-19-37(28-16-30(40)25-3-1-2-4-26(25)31(23)28)33(41)27-15-22-13-20(18-35-32(22)36-27)14-29(39)21-5-7-24(8-6-21)43-12-11-42-10-9-38/h1-8,13,15-16,18,23,38,40H,9-12,14,17,19H2,(H,35,36)/t23-/m1/s1. The van der Waals surface area contributed by atoms with E-state index in [0.29, 0.717) is 54.0 Å². The number of ketones is 1. The number of benzene rings is 3. The molecule has 10 heteroatoms. The van der Waals surface area contributed by atoms with Gasteiger partial charge in [0.1, 0.15) is 29.4 Å². The first kappa shape index (κ1) is 28.7. The summed E-state index contributed by atoms with van der Waals surface area (Å²) < 4.78 is 10.8. The van der Waals surface area contributed by atoms with Crippen LogP contribution < -0.4 is 9.64 Å². The Kier molecular flexibility index (Phi) is 8.29. The summed E-state index contributed by atoms with van der Waals surface area (Å²) >= 11 is 6.34. The van der Waals surface area contributed by atoms with Crippen molar-refractivity contribution in [3.8, 4) is 11.5 Å². The normalized spacial score (nSPS) is 14.4. The van der Waals surface area contributed by atoms with Gasteiger partial charge in [-0.05, 0) is 52.9 Å². The van der Waals surface area contributed by atoms with Crippen LogP contribution in [0.5, 0.6) is 11.5 Å². The van der Waals surface area contributed by atoms with Gasteiger partial charge < -0.3 is 29.6 Å². The molecule has 9 nitrogen and oxygen atoms in total. The Bertz CT molecular complexity index is 1800. The highest BCUT2D eigenvalue weighted by atomic mass is 35.5. The summed E-state index contributed by atoms with van der Waals surface area (Å²) in [5, 5.41) is 21.8. The van der Waals surface area contributed by atoms with Crippen molar-refractivity contribution in [2.24, 2.45) is 0 Å². The second-order valence-electron chi connectivity index (χ2n) is 10.4. The van der Waals surface area contributed by atoms with Gasteiger partial charge in [-0.1, -0.05) is 24.3 Å². The highest BCUT2D eigenvalue weighted by Crippen LogP contribution is 2.45. The first-order valence-corrected chi connectivity index (χ1v) is 14.5. The molecule has 3 aromatic carbocycles. The minimum Gasteiger partial charge on any atom is -0.507 e. The quantitative estimate of drug-likeness (QED) is 0.108. The number of anilines is 1. The third-order valence-electron chi connectivity index (χ3n) is 7.61. The molecule has 43 heavy (non-hydrogen) atoms. The predicted octanol–water partition coefficient (Wildman–Crippen LogP) is 5.22. The lowest BCUT2D eigenvalue weighted by atomic mass is 9.95. The number of hydrogen-bond donors (Lipinski definition) is 3. The van der Waals surface area contributed by atoms with Gasteiger partial charge in [0, 0.05) is 53.4 Å². The Hall–Kier alpha value is -4.44. The molecule has 3 N–H and O–H groups in total. The number of phenols is 1. The van der Waals surface area contributed by atoms with Crippen molar-refractivity contribution in [2.75, 3.05) is 43.8 Å². The molecule has 1 atom stereocenters. The summed E-state index contributed by atoms with van der Waals surface area (Å²) in [6, 6.07) is 19.7.